The van der Waals surface area contributed by atoms with Gasteiger partial charge in [0.1, 0.15) is 17.9 Å². The van der Waals surface area contributed by atoms with Gasteiger partial charge < -0.3 is 14.7 Å². The Morgan fingerprint density at radius 3 is 2.41 bits per heavy atom. The van der Waals surface area contributed by atoms with E-state index in [9.17, 15) is 14.7 Å². The third-order valence-electron chi connectivity index (χ3n) is 7.22. The van der Waals surface area contributed by atoms with Gasteiger partial charge in [-0.2, -0.15) is 0 Å². The lowest BCUT2D eigenvalue weighted by atomic mass is 9.90. The molecule has 0 saturated heterocycles. The monoisotopic (exact) mass is 499 g/mol. The van der Waals surface area contributed by atoms with Gasteiger partial charge in [0.2, 0.25) is 5.91 Å². The fourth-order valence-electron chi connectivity index (χ4n) is 5.12. The molecule has 0 spiro atoms. The molecular weight excluding hydrogens is 462 g/mol. The van der Waals surface area contributed by atoms with Crippen molar-refractivity contribution in [2.24, 2.45) is 0 Å². The van der Waals surface area contributed by atoms with E-state index in [1.54, 1.807) is 0 Å². The van der Waals surface area contributed by atoms with Crippen molar-refractivity contribution >= 4 is 11.9 Å². The highest BCUT2D eigenvalue weighted by molar-refractivity contribution is 5.83. The van der Waals surface area contributed by atoms with Gasteiger partial charge in [0.25, 0.3) is 0 Å². The highest BCUT2D eigenvalue weighted by Gasteiger charge is 2.35. The maximum Gasteiger partial charge on any atom is 0.323 e. The molecule has 1 unspecified atom stereocenters. The van der Waals surface area contributed by atoms with Crippen LogP contribution in [-0.2, 0) is 35.3 Å². The summed E-state index contributed by atoms with van der Waals surface area (Å²) in [7, 11) is 0. The van der Waals surface area contributed by atoms with E-state index < -0.39 is 5.97 Å². The van der Waals surface area contributed by atoms with Crippen LogP contribution in [0.5, 0.6) is 5.75 Å². The summed E-state index contributed by atoms with van der Waals surface area (Å²) < 4.78 is 6.36. The van der Waals surface area contributed by atoms with Gasteiger partial charge in [-0.15, -0.1) is 0 Å². The first-order chi connectivity index (χ1) is 17.6. The van der Waals surface area contributed by atoms with Gasteiger partial charge in [-0.1, -0.05) is 74.5 Å². The number of amides is 1. The molecule has 37 heavy (non-hydrogen) atoms. The predicted octanol–water partition coefficient (Wildman–Crippen LogP) is 5.75. The standard InChI is InChI=1S/C32H37NO4/c1-22(2)26-12-9-24(10-13-26)19-32(4)20-28-17-25(11-14-29(28)37-32)18-30(34)33(21-31(35)36)16-15-27-8-6-5-7-23(27)3/h5-14,17,22H,15-16,18-21H2,1-4H3,(H,35,36). The summed E-state index contributed by atoms with van der Waals surface area (Å²) in [6.07, 6.45) is 2.37. The van der Waals surface area contributed by atoms with Gasteiger partial charge in [0, 0.05) is 19.4 Å². The number of ether oxygens (including phenoxy) is 1. The van der Waals surface area contributed by atoms with Gasteiger partial charge in [-0.05, 0) is 65.6 Å². The molecule has 0 bridgehead atoms. The van der Waals surface area contributed by atoms with Crippen molar-refractivity contribution in [3.8, 4) is 5.75 Å². The Hall–Kier alpha value is -3.60. The highest BCUT2D eigenvalue weighted by Crippen LogP contribution is 2.37. The number of rotatable bonds is 10. The second kappa shape index (κ2) is 11.2. The SMILES string of the molecule is Cc1ccccc1CCN(CC(=O)O)C(=O)Cc1ccc2c(c1)CC(C)(Cc1ccc(C(C)C)cc1)O2. The predicted molar refractivity (Wildman–Crippen MR) is 146 cm³/mol. The molecule has 5 heteroatoms. The van der Waals surface area contributed by atoms with Crippen LogP contribution in [0, 0.1) is 6.92 Å². The molecule has 0 saturated carbocycles. The third-order valence-corrected chi connectivity index (χ3v) is 7.22. The summed E-state index contributed by atoms with van der Waals surface area (Å²) in [5.41, 5.74) is 6.47. The lowest BCUT2D eigenvalue weighted by Crippen LogP contribution is -2.38. The summed E-state index contributed by atoms with van der Waals surface area (Å²) in [5, 5.41) is 9.39. The molecule has 4 rings (SSSR count). The highest BCUT2D eigenvalue weighted by atomic mass is 16.5. The minimum atomic E-state index is -1.00. The van der Waals surface area contributed by atoms with Gasteiger partial charge in [-0.3, -0.25) is 9.59 Å². The molecule has 1 aliphatic rings. The van der Waals surface area contributed by atoms with Crippen LogP contribution in [0.4, 0.5) is 0 Å². The summed E-state index contributed by atoms with van der Waals surface area (Å²) in [4.78, 5) is 26.0. The first-order valence-electron chi connectivity index (χ1n) is 13.1. The Balaban J connectivity index is 1.41. The first-order valence-corrected chi connectivity index (χ1v) is 13.1. The van der Waals surface area contributed by atoms with Gasteiger partial charge >= 0.3 is 5.97 Å². The minimum Gasteiger partial charge on any atom is -0.487 e. The normalized spacial score (nSPS) is 16.4. The molecule has 3 aromatic carbocycles. The Morgan fingerprint density at radius 1 is 1.03 bits per heavy atom. The van der Waals surface area contributed by atoms with Gasteiger partial charge in [0.05, 0.1) is 6.42 Å². The topological polar surface area (TPSA) is 66.8 Å². The number of nitrogens with zero attached hydrogens (tertiary/aromatic N) is 1. The number of aliphatic carboxylic acids is 1. The number of carboxylic acid groups (broad SMARTS) is 1. The average Bonchev–Trinajstić information content (AvgIpc) is 3.17. The zero-order chi connectivity index (χ0) is 26.6. The molecule has 0 aliphatic carbocycles. The second-order valence-corrected chi connectivity index (χ2v) is 10.8. The third kappa shape index (κ3) is 6.79. The van der Waals surface area contributed by atoms with Crippen molar-refractivity contribution in [1.29, 1.82) is 0 Å². The molecule has 0 radical (unpaired) electrons. The fourth-order valence-corrected chi connectivity index (χ4v) is 5.12. The summed E-state index contributed by atoms with van der Waals surface area (Å²) in [6.45, 7) is 8.62. The van der Waals surface area contributed by atoms with Crippen molar-refractivity contribution in [2.75, 3.05) is 13.1 Å². The van der Waals surface area contributed by atoms with E-state index in [0.29, 0.717) is 18.9 Å². The number of benzene rings is 3. The molecule has 3 aromatic rings. The molecule has 1 atom stereocenters. The smallest absolute Gasteiger partial charge is 0.323 e. The van der Waals surface area contributed by atoms with E-state index >= 15 is 0 Å². The van der Waals surface area contributed by atoms with Crippen LogP contribution in [0.15, 0.2) is 66.7 Å². The van der Waals surface area contributed by atoms with Gasteiger partial charge in [0.15, 0.2) is 0 Å². The number of hydrogen-bond donors (Lipinski definition) is 1. The van der Waals surface area contributed by atoms with Crippen LogP contribution in [0.25, 0.3) is 0 Å². The average molecular weight is 500 g/mol. The quantitative estimate of drug-likeness (QED) is 0.386. The lowest BCUT2D eigenvalue weighted by molar-refractivity contribution is -0.144. The number of carboxylic acids is 1. The van der Waals surface area contributed by atoms with Crippen LogP contribution in [-0.4, -0.2) is 40.6 Å². The molecule has 1 amide bonds. The number of carbonyl (C=O) groups excluding carboxylic acids is 1. The zero-order valence-electron chi connectivity index (χ0n) is 22.3. The molecule has 5 nitrogen and oxygen atoms in total. The number of carbonyl (C=O) groups is 2. The number of aryl methyl sites for hydroxylation is 1. The van der Waals surface area contributed by atoms with E-state index in [0.717, 1.165) is 40.8 Å². The fraction of sp³-hybridized carbons (Fsp3) is 0.375. The number of hydrogen-bond acceptors (Lipinski definition) is 3. The van der Waals surface area contributed by atoms with Crippen molar-refractivity contribution < 1.29 is 19.4 Å². The largest absolute Gasteiger partial charge is 0.487 e. The minimum absolute atomic E-state index is 0.168. The first kappa shape index (κ1) is 26.5. The van der Waals surface area contributed by atoms with Crippen molar-refractivity contribution in [3.63, 3.8) is 0 Å². The Kier molecular flexibility index (Phi) is 8.01. The van der Waals surface area contributed by atoms with E-state index in [1.807, 2.05) is 49.4 Å². The van der Waals surface area contributed by atoms with E-state index in [4.69, 9.17) is 4.74 Å². The van der Waals surface area contributed by atoms with E-state index in [-0.39, 0.29) is 24.5 Å². The van der Waals surface area contributed by atoms with Crippen molar-refractivity contribution in [2.45, 2.75) is 64.9 Å². The Bertz CT molecular complexity index is 1260. The van der Waals surface area contributed by atoms with Crippen LogP contribution in [0.2, 0.25) is 0 Å². The summed E-state index contributed by atoms with van der Waals surface area (Å²) in [6, 6.07) is 22.6. The summed E-state index contributed by atoms with van der Waals surface area (Å²) >= 11 is 0. The van der Waals surface area contributed by atoms with Crippen molar-refractivity contribution in [1.82, 2.24) is 4.90 Å². The molecule has 1 aliphatic heterocycles. The number of fused-ring (bicyclic) bond motifs is 1. The molecule has 1 N–H and O–H groups in total. The molecule has 0 aromatic heterocycles. The lowest BCUT2D eigenvalue weighted by Gasteiger charge is -2.24. The van der Waals surface area contributed by atoms with Crippen molar-refractivity contribution in [3.05, 3.63) is 100 Å². The molecule has 1 heterocycles. The Labute approximate surface area is 220 Å². The maximum atomic E-state index is 13.1. The van der Waals surface area contributed by atoms with Gasteiger partial charge in [-0.25, -0.2) is 0 Å². The Morgan fingerprint density at radius 2 is 1.73 bits per heavy atom. The summed E-state index contributed by atoms with van der Waals surface area (Å²) in [5.74, 6) is 0.187. The van der Waals surface area contributed by atoms with Crippen LogP contribution < -0.4 is 4.74 Å². The van der Waals surface area contributed by atoms with Crippen LogP contribution >= 0.6 is 0 Å². The van der Waals surface area contributed by atoms with E-state index in [1.165, 1.54) is 16.0 Å². The van der Waals surface area contributed by atoms with Crippen LogP contribution in [0.3, 0.4) is 0 Å². The molecular formula is C32H37NO4. The maximum absolute atomic E-state index is 13.1. The van der Waals surface area contributed by atoms with Crippen LogP contribution in [0.1, 0.15) is 60.1 Å². The second-order valence-electron chi connectivity index (χ2n) is 10.8. The zero-order valence-corrected chi connectivity index (χ0v) is 22.3. The molecule has 194 valence electrons. The van der Waals surface area contributed by atoms with E-state index in [2.05, 4.69) is 45.0 Å². The molecule has 0 fully saturated rings.